The van der Waals surface area contributed by atoms with E-state index in [1.165, 1.54) is 23.8 Å². The summed E-state index contributed by atoms with van der Waals surface area (Å²) in [7, 11) is 1.28. The molecule has 194 valence electrons. The molecule has 1 atom stereocenters. The largest absolute Gasteiger partial charge is 0.465 e. The van der Waals surface area contributed by atoms with Crippen LogP contribution in [0.3, 0.4) is 0 Å². The molecule has 1 amide bonds. The second-order valence-electron chi connectivity index (χ2n) is 8.30. The molecular weight excluding hydrogens is 498 g/mol. The Morgan fingerprint density at radius 1 is 1.14 bits per heavy atom. The number of hydrogen-bond acceptors (Lipinski definition) is 9. The molecule has 4 rings (SSSR count). The Labute approximate surface area is 217 Å². The van der Waals surface area contributed by atoms with Crippen molar-refractivity contribution in [3.05, 3.63) is 63.9 Å². The number of carbonyl (C=O) groups excluding carboxylic acids is 3. The highest BCUT2D eigenvalue weighted by molar-refractivity contribution is 7.99. The van der Waals surface area contributed by atoms with Crippen LogP contribution >= 0.6 is 11.8 Å². The standard InChI is InChI=1S/C26H27N3O7S/c1-3-35-25(33)16-6-9-18(10-7-16)27-22(30)15-37-26-28-21-13-17(24(32)34-2)8-11-20(21)23(31)29(26)14-19-5-4-12-36-19/h6-11,13,19H,3-5,12,14-15H2,1-2H3,(H,27,30). The molecule has 1 aliphatic rings. The molecular formula is C26H27N3O7S. The highest BCUT2D eigenvalue weighted by Gasteiger charge is 2.21. The Balaban J connectivity index is 1.54. The molecule has 11 heteroatoms. The number of aromatic nitrogens is 2. The van der Waals surface area contributed by atoms with Crippen molar-refractivity contribution in [2.45, 2.75) is 37.6 Å². The number of thioether (sulfide) groups is 1. The Kier molecular flexibility index (Phi) is 8.57. The number of anilines is 1. The van der Waals surface area contributed by atoms with E-state index in [9.17, 15) is 19.2 Å². The highest BCUT2D eigenvalue weighted by atomic mass is 32.2. The van der Waals surface area contributed by atoms with Crippen molar-refractivity contribution in [3.63, 3.8) is 0 Å². The van der Waals surface area contributed by atoms with Crippen molar-refractivity contribution in [2.75, 3.05) is 31.4 Å². The third-order valence-electron chi connectivity index (χ3n) is 5.76. The van der Waals surface area contributed by atoms with Gasteiger partial charge in [0.2, 0.25) is 5.91 Å². The van der Waals surface area contributed by atoms with Crippen molar-refractivity contribution in [1.82, 2.24) is 9.55 Å². The van der Waals surface area contributed by atoms with Crippen LogP contribution in [0.25, 0.3) is 10.9 Å². The van der Waals surface area contributed by atoms with Crippen LogP contribution in [-0.2, 0) is 25.5 Å². The van der Waals surface area contributed by atoms with Gasteiger partial charge in [0.1, 0.15) is 0 Å². The summed E-state index contributed by atoms with van der Waals surface area (Å²) in [6, 6.07) is 11.0. The number of hydrogen-bond donors (Lipinski definition) is 1. The van der Waals surface area contributed by atoms with E-state index in [0.29, 0.717) is 40.5 Å². The van der Waals surface area contributed by atoms with Crippen LogP contribution in [0.2, 0.25) is 0 Å². The van der Waals surface area contributed by atoms with E-state index < -0.39 is 11.9 Å². The number of carbonyl (C=O) groups is 3. The molecule has 1 aliphatic heterocycles. The number of benzene rings is 2. The zero-order valence-corrected chi connectivity index (χ0v) is 21.3. The molecule has 1 saturated heterocycles. The van der Waals surface area contributed by atoms with E-state index in [4.69, 9.17) is 14.2 Å². The van der Waals surface area contributed by atoms with Crippen molar-refractivity contribution < 1.29 is 28.6 Å². The third-order valence-corrected chi connectivity index (χ3v) is 6.74. The summed E-state index contributed by atoms with van der Waals surface area (Å²) < 4.78 is 17.0. The van der Waals surface area contributed by atoms with Crippen LogP contribution in [0.4, 0.5) is 5.69 Å². The van der Waals surface area contributed by atoms with Crippen molar-refractivity contribution in [3.8, 4) is 0 Å². The lowest BCUT2D eigenvalue weighted by atomic mass is 10.1. The average Bonchev–Trinajstić information content (AvgIpc) is 3.42. The predicted molar refractivity (Wildman–Crippen MR) is 138 cm³/mol. The summed E-state index contributed by atoms with van der Waals surface area (Å²) in [6.45, 7) is 2.97. The zero-order valence-electron chi connectivity index (χ0n) is 20.5. The van der Waals surface area contributed by atoms with Gasteiger partial charge < -0.3 is 19.5 Å². The molecule has 1 fully saturated rings. The van der Waals surface area contributed by atoms with Gasteiger partial charge in [0.25, 0.3) is 5.56 Å². The minimum absolute atomic E-state index is 0.0141. The van der Waals surface area contributed by atoms with Gasteiger partial charge in [0.15, 0.2) is 5.16 Å². The SMILES string of the molecule is CCOC(=O)c1ccc(NC(=O)CSc2nc3cc(C(=O)OC)ccc3c(=O)n2CC2CCCO2)cc1. The van der Waals surface area contributed by atoms with Crippen molar-refractivity contribution >= 4 is 46.2 Å². The van der Waals surface area contributed by atoms with Crippen LogP contribution in [0.1, 0.15) is 40.5 Å². The van der Waals surface area contributed by atoms with E-state index >= 15 is 0 Å². The fourth-order valence-electron chi connectivity index (χ4n) is 3.94. The minimum atomic E-state index is -0.533. The van der Waals surface area contributed by atoms with E-state index in [-0.39, 0.29) is 35.5 Å². The second-order valence-corrected chi connectivity index (χ2v) is 9.25. The van der Waals surface area contributed by atoms with E-state index in [1.54, 1.807) is 37.3 Å². The van der Waals surface area contributed by atoms with Gasteiger partial charge in [-0.1, -0.05) is 11.8 Å². The molecule has 0 aliphatic carbocycles. The first-order valence-corrected chi connectivity index (χ1v) is 12.8. The summed E-state index contributed by atoms with van der Waals surface area (Å²) in [4.78, 5) is 54.4. The molecule has 0 saturated carbocycles. The molecule has 1 aromatic heterocycles. The molecule has 37 heavy (non-hydrogen) atoms. The number of amides is 1. The first-order chi connectivity index (χ1) is 17.9. The smallest absolute Gasteiger partial charge is 0.338 e. The maximum atomic E-state index is 13.4. The van der Waals surface area contributed by atoms with Crippen LogP contribution in [0.5, 0.6) is 0 Å². The van der Waals surface area contributed by atoms with E-state index in [2.05, 4.69) is 10.3 Å². The quantitative estimate of drug-likeness (QED) is 0.254. The van der Waals surface area contributed by atoms with E-state index in [0.717, 1.165) is 24.6 Å². The number of methoxy groups -OCH3 is 1. The number of esters is 2. The third kappa shape index (κ3) is 6.36. The molecule has 0 spiro atoms. The van der Waals surface area contributed by atoms with Crippen LogP contribution in [0, 0.1) is 0 Å². The first-order valence-electron chi connectivity index (χ1n) is 11.8. The lowest BCUT2D eigenvalue weighted by molar-refractivity contribution is -0.113. The second kappa shape index (κ2) is 12.0. The van der Waals surface area contributed by atoms with Crippen molar-refractivity contribution in [1.29, 1.82) is 0 Å². The summed E-state index contributed by atoms with van der Waals surface area (Å²) in [5.41, 5.74) is 1.26. The number of fused-ring (bicyclic) bond motifs is 1. The highest BCUT2D eigenvalue weighted by Crippen LogP contribution is 2.22. The van der Waals surface area contributed by atoms with Gasteiger partial charge >= 0.3 is 11.9 Å². The molecule has 10 nitrogen and oxygen atoms in total. The van der Waals surface area contributed by atoms with Gasteiger partial charge in [-0.15, -0.1) is 0 Å². The fraction of sp³-hybridized carbons (Fsp3) is 0.346. The van der Waals surface area contributed by atoms with Crippen LogP contribution < -0.4 is 10.9 Å². The maximum absolute atomic E-state index is 13.4. The Morgan fingerprint density at radius 3 is 2.57 bits per heavy atom. The summed E-state index contributed by atoms with van der Waals surface area (Å²) >= 11 is 1.12. The molecule has 1 N–H and O–H groups in total. The van der Waals surface area contributed by atoms with Gasteiger partial charge in [-0.2, -0.15) is 0 Å². The Morgan fingerprint density at radius 2 is 1.89 bits per heavy atom. The summed E-state index contributed by atoms with van der Waals surface area (Å²) in [6.07, 6.45) is 1.64. The normalized spacial score (nSPS) is 14.9. The Hall–Kier alpha value is -3.70. The molecule has 3 aromatic rings. The monoisotopic (exact) mass is 525 g/mol. The summed E-state index contributed by atoms with van der Waals surface area (Å²) in [5, 5.41) is 3.49. The fourth-order valence-corrected chi connectivity index (χ4v) is 4.75. The maximum Gasteiger partial charge on any atom is 0.338 e. The molecule has 0 radical (unpaired) electrons. The predicted octanol–water partition coefficient (Wildman–Crippen LogP) is 3.27. The average molecular weight is 526 g/mol. The lowest BCUT2D eigenvalue weighted by Crippen LogP contribution is -2.29. The Bertz CT molecular complexity index is 1370. The molecule has 0 bridgehead atoms. The van der Waals surface area contributed by atoms with Gasteiger partial charge in [-0.3, -0.25) is 14.2 Å². The lowest BCUT2D eigenvalue weighted by Gasteiger charge is -2.16. The topological polar surface area (TPSA) is 126 Å². The number of nitrogens with zero attached hydrogens (tertiary/aromatic N) is 2. The molecule has 1 unspecified atom stereocenters. The van der Waals surface area contributed by atoms with Gasteiger partial charge in [-0.25, -0.2) is 14.6 Å². The minimum Gasteiger partial charge on any atom is -0.465 e. The summed E-state index contributed by atoms with van der Waals surface area (Å²) in [5.74, 6) is -1.29. The van der Waals surface area contributed by atoms with Gasteiger partial charge in [0.05, 0.1) is 54.1 Å². The van der Waals surface area contributed by atoms with Crippen LogP contribution in [-0.4, -0.2) is 59.6 Å². The van der Waals surface area contributed by atoms with Gasteiger partial charge in [0, 0.05) is 12.3 Å². The van der Waals surface area contributed by atoms with Crippen LogP contribution in [0.15, 0.2) is 52.4 Å². The van der Waals surface area contributed by atoms with E-state index in [1.807, 2.05) is 0 Å². The number of ether oxygens (including phenoxy) is 3. The molecule has 2 heterocycles. The molecule has 2 aromatic carbocycles. The van der Waals surface area contributed by atoms with Gasteiger partial charge in [-0.05, 0) is 62.2 Å². The van der Waals surface area contributed by atoms with Crippen molar-refractivity contribution in [2.24, 2.45) is 0 Å². The number of nitrogens with one attached hydrogen (secondary N) is 1. The zero-order chi connectivity index (χ0) is 26.4. The first kappa shape index (κ1) is 26.4. The number of rotatable bonds is 9.